The molecule has 1 saturated heterocycles. The van der Waals surface area contributed by atoms with E-state index in [4.69, 9.17) is 21.1 Å². The lowest BCUT2D eigenvalue weighted by Gasteiger charge is -2.26. The lowest BCUT2D eigenvalue weighted by atomic mass is 10.3. The topological polar surface area (TPSA) is 88.4 Å². The van der Waals surface area contributed by atoms with E-state index in [1.807, 2.05) is 0 Å². The van der Waals surface area contributed by atoms with Crippen molar-refractivity contribution in [3.8, 4) is 17.2 Å². The molecule has 1 N–H and O–H groups in total. The van der Waals surface area contributed by atoms with E-state index in [2.05, 4.69) is 10.4 Å². The normalized spacial score (nSPS) is 18.5. The van der Waals surface area contributed by atoms with E-state index in [9.17, 15) is 13.7 Å². The third-order valence-corrected chi connectivity index (χ3v) is 6.65. The zero-order valence-electron chi connectivity index (χ0n) is 16.3. The first-order valence-corrected chi connectivity index (χ1v) is 11.3. The minimum Gasteiger partial charge on any atom is -0.616 e. The summed E-state index contributed by atoms with van der Waals surface area (Å²) >= 11 is 5.27. The Bertz CT molecular complexity index is 1100. The molecule has 1 aromatic heterocycles. The molecule has 162 valence electrons. The SMILES string of the molecule is O=c1c(Cl)c(NCC2COCC[S+]2[O-])cnn1-c1ccc(Oc2ccc(F)cc2)cc1. The molecule has 2 aromatic carbocycles. The van der Waals surface area contributed by atoms with Crippen molar-refractivity contribution >= 4 is 28.5 Å². The molecule has 0 spiro atoms. The minimum atomic E-state index is -0.981. The van der Waals surface area contributed by atoms with Gasteiger partial charge in [0, 0.05) is 0 Å². The first-order valence-electron chi connectivity index (χ1n) is 9.52. The molecule has 4 rings (SSSR count). The Hall–Kier alpha value is -2.59. The molecule has 1 aliphatic heterocycles. The Morgan fingerprint density at radius 1 is 1.23 bits per heavy atom. The summed E-state index contributed by atoms with van der Waals surface area (Å²) < 4.78 is 37.2. The molecule has 0 aliphatic carbocycles. The molecule has 7 nitrogen and oxygen atoms in total. The van der Waals surface area contributed by atoms with Crippen molar-refractivity contribution in [3.63, 3.8) is 0 Å². The quantitative estimate of drug-likeness (QED) is 0.564. The molecule has 10 heteroatoms. The van der Waals surface area contributed by atoms with E-state index < -0.39 is 16.7 Å². The first kappa shape index (κ1) is 21.6. The van der Waals surface area contributed by atoms with Crippen LogP contribution in [-0.2, 0) is 15.9 Å². The average Bonchev–Trinajstić information content (AvgIpc) is 2.78. The third-order valence-electron chi connectivity index (χ3n) is 4.67. The molecule has 3 aromatic rings. The van der Waals surface area contributed by atoms with Crippen LogP contribution in [0.2, 0.25) is 5.02 Å². The molecular weight excluding hydrogens is 445 g/mol. The number of aromatic nitrogens is 2. The molecule has 2 heterocycles. The fourth-order valence-corrected chi connectivity index (χ4v) is 4.34. The van der Waals surface area contributed by atoms with Gasteiger partial charge in [0.15, 0.2) is 5.25 Å². The fraction of sp³-hybridized carbons (Fsp3) is 0.238. The molecule has 31 heavy (non-hydrogen) atoms. The van der Waals surface area contributed by atoms with Crippen molar-refractivity contribution in [1.29, 1.82) is 0 Å². The molecule has 0 amide bonds. The number of halogens is 2. The molecule has 1 fully saturated rings. The highest BCUT2D eigenvalue weighted by atomic mass is 35.5. The minimum absolute atomic E-state index is 0.0100. The number of nitrogens with zero attached hydrogens (tertiary/aromatic N) is 2. The van der Waals surface area contributed by atoms with E-state index in [0.717, 1.165) is 0 Å². The van der Waals surface area contributed by atoms with E-state index >= 15 is 0 Å². The van der Waals surface area contributed by atoms with Gasteiger partial charge in [-0.05, 0) is 59.7 Å². The second-order valence-electron chi connectivity index (χ2n) is 6.80. The highest BCUT2D eigenvalue weighted by Crippen LogP contribution is 2.23. The number of hydrogen-bond donors (Lipinski definition) is 1. The zero-order valence-corrected chi connectivity index (χ0v) is 17.9. The molecule has 1 aliphatic rings. The van der Waals surface area contributed by atoms with Gasteiger partial charge in [-0.15, -0.1) is 0 Å². The van der Waals surface area contributed by atoms with Crippen molar-refractivity contribution in [2.75, 3.05) is 30.8 Å². The second kappa shape index (κ2) is 9.69. The van der Waals surface area contributed by atoms with Gasteiger partial charge in [0.05, 0.1) is 37.3 Å². The van der Waals surface area contributed by atoms with Crippen molar-refractivity contribution in [3.05, 3.63) is 75.9 Å². The summed E-state index contributed by atoms with van der Waals surface area (Å²) in [5, 5.41) is 7.05. The molecular formula is C21H19ClFN3O4S. The van der Waals surface area contributed by atoms with Crippen LogP contribution in [0.1, 0.15) is 0 Å². The summed E-state index contributed by atoms with van der Waals surface area (Å²) in [5.41, 5.74) is 0.397. The molecule has 0 radical (unpaired) electrons. The predicted octanol–water partition coefficient (Wildman–Crippen LogP) is 3.38. The summed E-state index contributed by atoms with van der Waals surface area (Å²) in [7, 11) is 0. The van der Waals surface area contributed by atoms with Crippen molar-refractivity contribution < 1.29 is 18.4 Å². The van der Waals surface area contributed by atoms with Crippen LogP contribution in [0.25, 0.3) is 5.69 Å². The summed E-state index contributed by atoms with van der Waals surface area (Å²) in [6.07, 6.45) is 1.46. The summed E-state index contributed by atoms with van der Waals surface area (Å²) in [4.78, 5) is 12.7. The molecule has 0 bridgehead atoms. The Morgan fingerprint density at radius 2 is 1.90 bits per heavy atom. The highest BCUT2D eigenvalue weighted by Gasteiger charge is 2.27. The highest BCUT2D eigenvalue weighted by molar-refractivity contribution is 7.92. The van der Waals surface area contributed by atoms with Gasteiger partial charge in [0.25, 0.3) is 5.56 Å². The van der Waals surface area contributed by atoms with Crippen LogP contribution in [0.3, 0.4) is 0 Å². The number of anilines is 1. The molecule has 2 unspecified atom stereocenters. The van der Waals surface area contributed by atoms with Gasteiger partial charge < -0.3 is 19.3 Å². The predicted molar refractivity (Wildman–Crippen MR) is 117 cm³/mol. The number of rotatable bonds is 6. The zero-order chi connectivity index (χ0) is 21.8. The number of benzene rings is 2. The van der Waals surface area contributed by atoms with Gasteiger partial charge in [-0.2, -0.15) is 9.78 Å². The lowest BCUT2D eigenvalue weighted by Crippen LogP contribution is -2.40. The van der Waals surface area contributed by atoms with Crippen LogP contribution in [0, 0.1) is 5.82 Å². The van der Waals surface area contributed by atoms with Crippen molar-refractivity contribution in [2.24, 2.45) is 0 Å². The smallest absolute Gasteiger partial charge is 0.292 e. The molecule has 0 saturated carbocycles. The Labute approximate surface area is 185 Å². The number of hydrogen-bond acceptors (Lipinski definition) is 6. The van der Waals surface area contributed by atoms with Crippen LogP contribution in [0.5, 0.6) is 11.5 Å². The number of nitrogens with one attached hydrogen (secondary N) is 1. The summed E-state index contributed by atoms with van der Waals surface area (Å²) in [6.45, 7) is 1.26. The fourth-order valence-electron chi connectivity index (χ4n) is 3.01. The van der Waals surface area contributed by atoms with E-state index in [-0.39, 0.29) is 16.1 Å². The van der Waals surface area contributed by atoms with Gasteiger partial charge in [0.1, 0.15) is 28.1 Å². The van der Waals surface area contributed by atoms with E-state index in [1.54, 1.807) is 24.3 Å². The van der Waals surface area contributed by atoms with Crippen molar-refractivity contribution in [2.45, 2.75) is 5.25 Å². The van der Waals surface area contributed by atoms with Crippen LogP contribution in [0.4, 0.5) is 10.1 Å². The maximum absolute atomic E-state index is 13.0. The maximum Gasteiger partial charge on any atom is 0.292 e. The number of ether oxygens (including phenoxy) is 2. The largest absolute Gasteiger partial charge is 0.616 e. The van der Waals surface area contributed by atoms with Crippen LogP contribution >= 0.6 is 11.6 Å². The first-order chi connectivity index (χ1) is 15.0. The average molecular weight is 464 g/mol. The van der Waals surface area contributed by atoms with Gasteiger partial charge >= 0.3 is 0 Å². The van der Waals surface area contributed by atoms with Crippen LogP contribution < -0.4 is 15.6 Å². The van der Waals surface area contributed by atoms with Gasteiger partial charge in [-0.25, -0.2) is 4.39 Å². The van der Waals surface area contributed by atoms with Gasteiger partial charge in [0.2, 0.25) is 0 Å². The monoisotopic (exact) mass is 463 g/mol. The van der Waals surface area contributed by atoms with Crippen molar-refractivity contribution in [1.82, 2.24) is 9.78 Å². The summed E-state index contributed by atoms with van der Waals surface area (Å²) in [6, 6.07) is 12.3. The second-order valence-corrected chi connectivity index (χ2v) is 9.02. The van der Waals surface area contributed by atoms with E-state index in [1.165, 1.54) is 35.1 Å². The Morgan fingerprint density at radius 3 is 2.58 bits per heavy atom. The maximum atomic E-state index is 13.0. The van der Waals surface area contributed by atoms with Crippen LogP contribution in [-0.4, -0.2) is 45.1 Å². The Balaban J connectivity index is 1.46. The van der Waals surface area contributed by atoms with Gasteiger partial charge in [-0.1, -0.05) is 11.6 Å². The Kier molecular flexibility index (Phi) is 6.77. The third kappa shape index (κ3) is 5.19. The van der Waals surface area contributed by atoms with Crippen LogP contribution in [0.15, 0.2) is 59.5 Å². The lowest BCUT2D eigenvalue weighted by molar-refractivity contribution is 0.139. The standard InChI is InChI=1S/C21H19ClFN3O4S/c22-20-19(24-11-18-13-29-9-10-31(18)28)12-25-26(21(20)27)15-3-7-17(8-4-15)30-16-5-1-14(23)2-6-16/h1-8,12,18,24H,9-11,13H2. The summed E-state index contributed by atoms with van der Waals surface area (Å²) in [5.74, 6) is 1.17. The van der Waals surface area contributed by atoms with E-state index in [0.29, 0.717) is 48.4 Å². The van der Waals surface area contributed by atoms with Gasteiger partial charge in [-0.3, -0.25) is 4.79 Å². The molecule has 2 atom stereocenters.